The lowest BCUT2D eigenvalue weighted by atomic mass is 9.44. The zero-order valence-electron chi connectivity index (χ0n) is 75.8. The van der Waals surface area contributed by atoms with E-state index in [1.54, 1.807) is 55.6 Å². The van der Waals surface area contributed by atoms with Crippen LogP contribution in [0, 0.1) is 72.1 Å². The topological polar surface area (TPSA) is 0 Å². The molecule has 12 aromatic rings. The second kappa shape index (κ2) is 34.5. The van der Waals surface area contributed by atoms with E-state index in [1.165, 1.54) is 346 Å². The minimum atomic E-state index is 0.0593. The van der Waals surface area contributed by atoms with Gasteiger partial charge in [-0.05, 0) is 291 Å². The van der Waals surface area contributed by atoms with Gasteiger partial charge in [0.15, 0.2) is 0 Å². The minimum Gasteiger partial charge on any atom is -0.0625 e. The molecule has 0 amide bonds. The average molecular weight is 1570 g/mol. The fourth-order valence-corrected chi connectivity index (χ4v) is 26.5. The monoisotopic (exact) mass is 1570 g/mol. The third-order valence-electron chi connectivity index (χ3n) is 32.4. The second-order valence-electron chi connectivity index (χ2n) is 41.1. The maximum atomic E-state index is 2.58. The number of aryl methyl sites for hydroxylation is 8. The first kappa shape index (κ1) is 83.0. The highest BCUT2D eigenvalue weighted by molar-refractivity contribution is 6.08. The molecule has 20 rings (SSSR count). The molecule has 8 aliphatic carbocycles. The molecule has 4 saturated carbocycles. The summed E-state index contributed by atoms with van der Waals surface area (Å²) < 4.78 is 0. The summed E-state index contributed by atoms with van der Waals surface area (Å²) in [5.74, 6) is 0.865. The van der Waals surface area contributed by atoms with E-state index in [2.05, 4.69) is 284 Å². The molecule has 0 unspecified atom stereocenters. The van der Waals surface area contributed by atoms with Gasteiger partial charge in [0, 0.05) is 21.7 Å². The van der Waals surface area contributed by atoms with E-state index >= 15 is 0 Å². The molecule has 4 fully saturated rings. The smallest absolute Gasteiger partial charge is 0.0317 e. The molecule has 4 spiro atoms. The fourth-order valence-electron chi connectivity index (χ4n) is 26.5. The summed E-state index contributed by atoms with van der Waals surface area (Å²) in [6.45, 7) is 30.8. The van der Waals surface area contributed by atoms with Crippen LogP contribution in [0.3, 0.4) is 0 Å². The fraction of sp³-hybridized carbons (Fsp3) is 0.462. The van der Waals surface area contributed by atoms with Gasteiger partial charge in [-0.25, -0.2) is 0 Å². The van der Waals surface area contributed by atoms with E-state index in [1.807, 2.05) is 0 Å². The molecule has 618 valence electrons. The van der Waals surface area contributed by atoms with Crippen LogP contribution in [0.4, 0.5) is 0 Å². The first-order chi connectivity index (χ1) is 57.7. The molecule has 0 atom stereocenters. The SMILES string of the molecule is Cc1ccc2c(c1)C1(CCC(C)CC1)c1cc(C)c3ccccc3c1-2.Cc1ccc2c(c1)C1(CCCCCCCCCCCCCC1)c1cc(C)c3ccccc3c1-2.Cc1ccc2c(c1)C1(CCCCCCCCCCCCCC1)c1cc(C)c3ccccc3c1-2.Cc1ccc2c(c1)C1(c3cc(C)c4ccccc4c3-2)C(C)(C)CCCC1(C)C. The van der Waals surface area contributed by atoms with Crippen molar-refractivity contribution in [1.82, 2.24) is 0 Å². The van der Waals surface area contributed by atoms with E-state index < -0.39 is 0 Å². The summed E-state index contributed by atoms with van der Waals surface area (Å²) in [4.78, 5) is 0. The lowest BCUT2D eigenvalue weighted by Gasteiger charge is -2.59. The van der Waals surface area contributed by atoms with Gasteiger partial charge in [0.2, 0.25) is 0 Å². The summed E-state index contributed by atoms with van der Waals surface area (Å²) in [6.07, 6.45) is 48.5. The largest absolute Gasteiger partial charge is 0.0625 e. The van der Waals surface area contributed by atoms with Crippen molar-refractivity contribution in [1.29, 1.82) is 0 Å². The highest BCUT2D eigenvalue weighted by Crippen LogP contribution is 2.71. The maximum absolute atomic E-state index is 2.58. The molecule has 0 saturated heterocycles. The van der Waals surface area contributed by atoms with Crippen molar-refractivity contribution < 1.29 is 0 Å². The third-order valence-corrected chi connectivity index (χ3v) is 32.4. The summed E-state index contributed by atoms with van der Waals surface area (Å²) in [5, 5.41) is 11.5. The predicted molar refractivity (Wildman–Crippen MR) is 517 cm³/mol. The van der Waals surface area contributed by atoms with Gasteiger partial charge >= 0.3 is 0 Å². The highest BCUT2D eigenvalue weighted by Gasteiger charge is 2.63. The second-order valence-corrected chi connectivity index (χ2v) is 41.1. The molecule has 0 aliphatic heterocycles. The summed E-state index contributed by atoms with van der Waals surface area (Å²) in [5.41, 5.74) is 37.5. The quantitative estimate of drug-likeness (QED) is 0.142. The van der Waals surface area contributed by atoms with Gasteiger partial charge in [-0.1, -0.05) is 412 Å². The molecule has 0 aromatic heterocycles. The molecule has 0 bridgehead atoms. The zero-order chi connectivity index (χ0) is 82.4. The van der Waals surface area contributed by atoms with Gasteiger partial charge < -0.3 is 0 Å². The Morgan fingerprint density at radius 2 is 0.437 bits per heavy atom. The van der Waals surface area contributed by atoms with Gasteiger partial charge in [-0.15, -0.1) is 0 Å². The number of fused-ring (bicyclic) bond motifs is 28. The number of rotatable bonds is 0. The maximum Gasteiger partial charge on any atom is 0.0317 e. The van der Waals surface area contributed by atoms with Crippen LogP contribution in [0.15, 0.2) is 194 Å². The Morgan fingerprint density at radius 1 is 0.210 bits per heavy atom. The molecule has 0 N–H and O–H groups in total. The zero-order valence-corrected chi connectivity index (χ0v) is 75.8. The van der Waals surface area contributed by atoms with E-state index in [0.717, 1.165) is 5.92 Å². The lowest BCUT2D eigenvalue weighted by molar-refractivity contribution is 0.00873. The molecular weight excluding hydrogens is 1430 g/mol. The van der Waals surface area contributed by atoms with Crippen LogP contribution >= 0.6 is 0 Å². The van der Waals surface area contributed by atoms with Gasteiger partial charge in [0.25, 0.3) is 0 Å². The normalized spacial score (nSPS) is 20.9. The molecule has 0 nitrogen and oxygen atoms in total. The average Bonchev–Trinajstić information content (AvgIpc) is 1.51. The van der Waals surface area contributed by atoms with Crippen LogP contribution in [0.1, 0.15) is 348 Å². The van der Waals surface area contributed by atoms with Gasteiger partial charge in [-0.2, -0.15) is 0 Å². The van der Waals surface area contributed by atoms with Crippen LogP contribution in [0.2, 0.25) is 0 Å². The van der Waals surface area contributed by atoms with E-state index in [0.29, 0.717) is 0 Å². The van der Waals surface area contributed by atoms with Crippen LogP contribution in [-0.4, -0.2) is 0 Å². The Balaban J connectivity index is 0.000000114. The summed E-state index contributed by atoms with van der Waals surface area (Å²) in [6, 6.07) is 75.5. The van der Waals surface area contributed by atoms with E-state index in [-0.39, 0.29) is 32.5 Å². The van der Waals surface area contributed by atoms with E-state index in [9.17, 15) is 0 Å². The molecule has 119 heavy (non-hydrogen) atoms. The third kappa shape index (κ3) is 14.9. The van der Waals surface area contributed by atoms with Crippen molar-refractivity contribution in [3.63, 3.8) is 0 Å². The number of hydrogen-bond donors (Lipinski definition) is 0. The molecule has 0 heteroatoms. The van der Waals surface area contributed by atoms with Crippen LogP contribution in [0.5, 0.6) is 0 Å². The first-order valence-electron chi connectivity index (χ1n) is 48.3. The predicted octanol–water partition coefficient (Wildman–Crippen LogP) is 35.3. The van der Waals surface area contributed by atoms with Crippen molar-refractivity contribution in [2.45, 2.75) is 336 Å². The Morgan fingerprint density at radius 3 is 0.723 bits per heavy atom. The summed E-state index contributed by atoms with van der Waals surface area (Å²) >= 11 is 0. The molecule has 12 aromatic carbocycles. The number of benzene rings is 12. The highest BCUT2D eigenvalue weighted by atomic mass is 14.7. The molecule has 8 aliphatic rings. The Hall–Kier alpha value is -8.32. The minimum absolute atomic E-state index is 0.0593. The molecule has 0 radical (unpaired) electrons. The molecule has 0 heterocycles. The van der Waals surface area contributed by atoms with Crippen LogP contribution in [-0.2, 0) is 21.7 Å². The number of hydrogen-bond acceptors (Lipinski definition) is 0. The standard InChI is InChI=1S/2C33H42.C28H32.C25H26/c2*1-25-19-20-29-30(23-25)33(31-24-26(2)27-17-13-14-18-28(27)32(29)31)21-15-11-9-7-5-3-4-6-8-10-12-16-22-33;1-18-12-13-22-23(16-18)28(26(3,4)14-9-15-27(28,5)6)24-17-19(2)20-10-7-8-11-21(20)25(22)24;1-16-10-12-25(13-11-16)22-14-17(2)8-9-21(22)24-20-7-5-4-6-19(20)18(3)15-23(24)25/h2*13-14,17-20,23-24H,3-12,15-16,21-22H2,1-2H3;7-8,10-13,16-17H,9,14-15H2,1-6H3;4-9,14-16H,10-13H2,1-3H3. The van der Waals surface area contributed by atoms with Crippen molar-refractivity contribution >= 4 is 43.1 Å². The van der Waals surface area contributed by atoms with Crippen LogP contribution < -0.4 is 0 Å². The van der Waals surface area contributed by atoms with Crippen molar-refractivity contribution in [3.05, 3.63) is 283 Å². The van der Waals surface area contributed by atoms with Gasteiger partial charge in [0.05, 0.1) is 0 Å². The lowest BCUT2D eigenvalue weighted by Crippen LogP contribution is -2.55. The van der Waals surface area contributed by atoms with Crippen molar-refractivity contribution in [3.8, 4) is 44.5 Å². The Labute approximate surface area is 719 Å². The molecular formula is C119H142. The Kier molecular flexibility index (Phi) is 24.1. The van der Waals surface area contributed by atoms with E-state index in [4.69, 9.17) is 0 Å². The van der Waals surface area contributed by atoms with Crippen LogP contribution in [0.25, 0.3) is 87.6 Å². The van der Waals surface area contributed by atoms with Crippen molar-refractivity contribution in [2.75, 3.05) is 0 Å². The van der Waals surface area contributed by atoms with Gasteiger partial charge in [-0.3, -0.25) is 0 Å². The first-order valence-corrected chi connectivity index (χ1v) is 48.3. The Bertz CT molecular complexity index is 5480. The van der Waals surface area contributed by atoms with Crippen molar-refractivity contribution in [2.24, 2.45) is 16.7 Å². The summed E-state index contributed by atoms with van der Waals surface area (Å²) in [7, 11) is 0. The van der Waals surface area contributed by atoms with Gasteiger partial charge in [0.1, 0.15) is 0 Å².